The zero-order valence-electron chi connectivity index (χ0n) is 8.44. The van der Waals surface area contributed by atoms with Crippen LogP contribution in [-0.4, -0.2) is 24.6 Å². The Morgan fingerprint density at radius 1 is 1.40 bits per heavy atom. The van der Waals surface area contributed by atoms with Crippen LogP contribution in [0.25, 0.3) is 0 Å². The number of pyridine rings is 1. The molecule has 1 aliphatic carbocycles. The van der Waals surface area contributed by atoms with Gasteiger partial charge in [0.25, 0.3) is 0 Å². The van der Waals surface area contributed by atoms with Gasteiger partial charge in [0.15, 0.2) is 0 Å². The maximum Gasteiger partial charge on any atom is 0.128 e. The lowest BCUT2D eigenvalue weighted by Gasteiger charge is -2.20. The number of hydrogen-bond acceptors (Lipinski definition) is 3. The zero-order valence-corrected chi connectivity index (χ0v) is 10.0. The molecule has 4 heteroatoms. The number of anilines is 1. The Labute approximate surface area is 97.8 Å². The Morgan fingerprint density at radius 2 is 2.13 bits per heavy atom. The minimum atomic E-state index is 0.789. The Balaban J connectivity index is 1.69. The molecule has 1 unspecified atom stereocenters. The molecule has 0 radical (unpaired) electrons. The average Bonchev–Trinajstić information content (AvgIpc) is 2.72. The zero-order chi connectivity index (χ0) is 10.4. The predicted molar refractivity (Wildman–Crippen MR) is 63.7 cm³/mol. The van der Waals surface area contributed by atoms with E-state index in [-0.39, 0.29) is 0 Å². The molecule has 1 saturated heterocycles. The molecular formula is C11H14BrN3. The summed E-state index contributed by atoms with van der Waals surface area (Å²) in [7, 11) is 0. The van der Waals surface area contributed by atoms with Crippen molar-refractivity contribution < 1.29 is 0 Å². The number of rotatable bonds is 2. The highest BCUT2D eigenvalue weighted by Gasteiger charge is 2.54. The highest BCUT2D eigenvalue weighted by molar-refractivity contribution is 9.10. The molecule has 3 rings (SSSR count). The fourth-order valence-electron chi connectivity index (χ4n) is 2.74. The van der Waals surface area contributed by atoms with Crippen molar-refractivity contribution in [1.82, 2.24) is 4.98 Å². The lowest BCUT2D eigenvalue weighted by Crippen LogP contribution is -2.26. The molecule has 2 N–H and O–H groups in total. The number of fused-ring (bicyclic) bond motifs is 1. The van der Waals surface area contributed by atoms with E-state index in [1.54, 1.807) is 0 Å². The number of hydrogen-bond donors (Lipinski definition) is 1. The molecule has 2 aliphatic rings. The molecule has 0 amide bonds. The van der Waals surface area contributed by atoms with Gasteiger partial charge in [-0.3, -0.25) is 0 Å². The first kappa shape index (κ1) is 9.60. The third-order valence-corrected chi connectivity index (χ3v) is 4.15. The lowest BCUT2D eigenvalue weighted by molar-refractivity contribution is 0.644. The summed E-state index contributed by atoms with van der Waals surface area (Å²) >= 11 is 3.40. The summed E-state index contributed by atoms with van der Waals surface area (Å²) in [6, 6.07) is 4.12. The van der Waals surface area contributed by atoms with E-state index in [1.807, 2.05) is 12.3 Å². The van der Waals surface area contributed by atoms with Gasteiger partial charge in [-0.25, -0.2) is 4.98 Å². The summed E-state index contributed by atoms with van der Waals surface area (Å²) in [6.45, 7) is 3.14. The van der Waals surface area contributed by atoms with Crippen LogP contribution in [0.4, 0.5) is 5.82 Å². The van der Waals surface area contributed by atoms with E-state index in [9.17, 15) is 0 Å². The number of nitrogens with zero attached hydrogens (tertiary/aromatic N) is 2. The van der Waals surface area contributed by atoms with E-state index in [4.69, 9.17) is 5.73 Å². The van der Waals surface area contributed by atoms with Gasteiger partial charge in [0, 0.05) is 23.8 Å². The summed E-state index contributed by atoms with van der Waals surface area (Å²) in [5.74, 6) is 3.55. The van der Waals surface area contributed by atoms with Crippen molar-refractivity contribution in [3.8, 4) is 0 Å². The van der Waals surface area contributed by atoms with Crippen LogP contribution in [0.2, 0.25) is 0 Å². The van der Waals surface area contributed by atoms with E-state index in [0.717, 1.165) is 47.7 Å². The highest BCUT2D eigenvalue weighted by atomic mass is 79.9. The van der Waals surface area contributed by atoms with Crippen LogP contribution in [0.15, 0.2) is 22.8 Å². The topological polar surface area (TPSA) is 42.1 Å². The average molecular weight is 268 g/mol. The molecular weight excluding hydrogens is 254 g/mol. The van der Waals surface area contributed by atoms with Gasteiger partial charge in [0.1, 0.15) is 5.82 Å². The second-order valence-corrected chi connectivity index (χ2v) is 5.38. The fourth-order valence-corrected chi connectivity index (χ4v) is 2.98. The van der Waals surface area contributed by atoms with Gasteiger partial charge in [0.2, 0.25) is 0 Å². The van der Waals surface area contributed by atoms with E-state index < -0.39 is 0 Å². The van der Waals surface area contributed by atoms with E-state index >= 15 is 0 Å². The third-order valence-electron chi connectivity index (χ3n) is 3.68. The fraction of sp³-hybridized carbons (Fsp3) is 0.545. The van der Waals surface area contributed by atoms with Crippen molar-refractivity contribution in [3.05, 3.63) is 22.8 Å². The molecule has 15 heavy (non-hydrogen) atoms. The largest absolute Gasteiger partial charge is 0.356 e. The van der Waals surface area contributed by atoms with Crippen LogP contribution in [0.1, 0.15) is 0 Å². The molecule has 1 aromatic rings. The van der Waals surface area contributed by atoms with Gasteiger partial charge in [-0.05, 0) is 52.4 Å². The first-order valence-corrected chi connectivity index (χ1v) is 6.15. The van der Waals surface area contributed by atoms with Crippen LogP contribution in [0.5, 0.6) is 0 Å². The van der Waals surface area contributed by atoms with Crippen LogP contribution in [-0.2, 0) is 0 Å². The molecule has 3 nitrogen and oxygen atoms in total. The van der Waals surface area contributed by atoms with Crippen LogP contribution >= 0.6 is 15.9 Å². The predicted octanol–water partition coefficient (Wildman–Crippen LogP) is 1.48. The van der Waals surface area contributed by atoms with E-state index in [0.29, 0.717) is 0 Å². The first-order chi connectivity index (χ1) is 7.29. The molecule has 80 valence electrons. The van der Waals surface area contributed by atoms with Crippen molar-refractivity contribution in [3.63, 3.8) is 0 Å². The van der Waals surface area contributed by atoms with Crippen molar-refractivity contribution in [1.29, 1.82) is 0 Å². The molecule has 2 fully saturated rings. The molecule has 3 atom stereocenters. The molecule has 0 bridgehead atoms. The number of piperidine rings is 1. The lowest BCUT2D eigenvalue weighted by atomic mass is 10.2. The molecule has 1 aliphatic heterocycles. The Bertz CT molecular complexity index is 353. The van der Waals surface area contributed by atoms with Crippen molar-refractivity contribution in [2.24, 2.45) is 23.5 Å². The normalized spacial score (nSPS) is 32.9. The standard InChI is InChI=1S/C11H14BrN3/c12-7-1-2-11(14-4-7)15-5-9-8(3-13)10(9)6-15/h1-2,4,8-10H,3,5-6,13H2/t8?,9-,10+. The van der Waals surface area contributed by atoms with Crippen LogP contribution in [0, 0.1) is 17.8 Å². The Hall–Kier alpha value is -0.610. The van der Waals surface area contributed by atoms with Gasteiger partial charge in [-0.2, -0.15) is 0 Å². The molecule has 1 aromatic heterocycles. The van der Waals surface area contributed by atoms with E-state index in [1.165, 1.54) is 0 Å². The van der Waals surface area contributed by atoms with Gasteiger partial charge >= 0.3 is 0 Å². The maximum absolute atomic E-state index is 5.69. The monoisotopic (exact) mass is 267 g/mol. The molecule has 2 heterocycles. The summed E-state index contributed by atoms with van der Waals surface area (Å²) in [5.41, 5.74) is 5.69. The Morgan fingerprint density at radius 3 is 2.67 bits per heavy atom. The summed E-state index contributed by atoms with van der Waals surface area (Å²) in [5, 5.41) is 0. The quantitative estimate of drug-likeness (QED) is 0.883. The first-order valence-electron chi connectivity index (χ1n) is 5.36. The minimum absolute atomic E-state index is 0.789. The smallest absolute Gasteiger partial charge is 0.128 e. The summed E-state index contributed by atoms with van der Waals surface area (Å²) in [6.07, 6.45) is 1.86. The highest BCUT2D eigenvalue weighted by Crippen LogP contribution is 2.51. The SMILES string of the molecule is NCC1[C@H]2CN(c3ccc(Br)cn3)C[C@@H]12. The third kappa shape index (κ3) is 1.56. The number of nitrogens with two attached hydrogens (primary N) is 1. The second-order valence-electron chi connectivity index (χ2n) is 4.47. The van der Waals surface area contributed by atoms with Gasteiger partial charge in [-0.1, -0.05) is 0 Å². The summed E-state index contributed by atoms with van der Waals surface area (Å²) in [4.78, 5) is 6.78. The molecule has 1 saturated carbocycles. The number of halogens is 1. The molecule has 0 spiro atoms. The second kappa shape index (κ2) is 3.46. The van der Waals surface area contributed by atoms with Crippen LogP contribution in [0.3, 0.4) is 0 Å². The van der Waals surface area contributed by atoms with Gasteiger partial charge < -0.3 is 10.6 Å². The minimum Gasteiger partial charge on any atom is -0.356 e. The van der Waals surface area contributed by atoms with E-state index in [2.05, 4.69) is 31.9 Å². The summed E-state index contributed by atoms with van der Waals surface area (Å²) < 4.78 is 1.04. The number of aromatic nitrogens is 1. The van der Waals surface area contributed by atoms with Gasteiger partial charge in [-0.15, -0.1) is 0 Å². The molecule has 0 aromatic carbocycles. The van der Waals surface area contributed by atoms with Crippen LogP contribution < -0.4 is 10.6 Å². The Kier molecular flexibility index (Phi) is 2.21. The van der Waals surface area contributed by atoms with Crippen molar-refractivity contribution in [2.75, 3.05) is 24.5 Å². The maximum atomic E-state index is 5.69. The van der Waals surface area contributed by atoms with Crippen molar-refractivity contribution >= 4 is 21.7 Å². The van der Waals surface area contributed by atoms with Gasteiger partial charge in [0.05, 0.1) is 0 Å². The van der Waals surface area contributed by atoms with Crippen molar-refractivity contribution in [2.45, 2.75) is 0 Å².